The number of hydrogen-bond acceptors (Lipinski definition) is 0. The molecule has 86 valence electrons. The highest BCUT2D eigenvalue weighted by molar-refractivity contribution is 5.58. The maximum absolute atomic E-state index is 2.57. The van der Waals surface area contributed by atoms with Crippen molar-refractivity contribution in [1.29, 1.82) is 0 Å². The van der Waals surface area contributed by atoms with E-state index in [1.165, 1.54) is 11.8 Å². The third kappa shape index (κ3) is 0.292. The minimum Gasteiger partial charge on any atom is -0.0617 e. The first-order valence-electron chi connectivity index (χ1n) is 7.53. The van der Waals surface area contributed by atoms with Gasteiger partial charge >= 0.3 is 0 Å². The number of rotatable bonds is 0. The zero-order valence-electron chi connectivity index (χ0n) is 10.9. The Morgan fingerprint density at radius 2 is 0.812 bits per heavy atom. The van der Waals surface area contributed by atoms with Crippen molar-refractivity contribution >= 4 is 0 Å². The summed E-state index contributed by atoms with van der Waals surface area (Å²) in [6, 6.07) is 0. The largest absolute Gasteiger partial charge is 0.0617 e. The van der Waals surface area contributed by atoms with Crippen LogP contribution >= 0.6 is 0 Å². The highest BCUT2D eigenvalue weighted by Gasteiger charge is 3.11. The van der Waals surface area contributed by atoms with E-state index in [0.717, 1.165) is 45.3 Å². The molecule has 0 saturated heterocycles. The molecule has 6 aliphatic carbocycles. The first-order valence-corrected chi connectivity index (χ1v) is 7.53. The molecular formula is C16H22. The van der Waals surface area contributed by atoms with Crippen molar-refractivity contribution in [1.82, 2.24) is 0 Å². The van der Waals surface area contributed by atoms with Gasteiger partial charge in [0, 0.05) is 0 Å². The van der Waals surface area contributed by atoms with Gasteiger partial charge in [0.2, 0.25) is 0 Å². The van der Waals surface area contributed by atoms with Crippen molar-refractivity contribution in [2.75, 3.05) is 0 Å². The lowest BCUT2D eigenvalue weighted by atomic mass is 8.88. The van der Waals surface area contributed by atoms with Crippen LogP contribution in [0.25, 0.3) is 0 Å². The zero-order chi connectivity index (χ0) is 10.9. The fourth-order valence-corrected chi connectivity index (χ4v) is 9.94. The van der Waals surface area contributed by atoms with E-state index < -0.39 is 0 Å². The van der Waals surface area contributed by atoms with Crippen LogP contribution in [0.4, 0.5) is 0 Å². The summed E-state index contributed by atoms with van der Waals surface area (Å²) in [6.07, 6.45) is 3.33. The van der Waals surface area contributed by atoms with Crippen molar-refractivity contribution in [2.45, 2.75) is 40.5 Å². The molecule has 0 amide bonds. The molecule has 0 nitrogen and oxygen atoms in total. The van der Waals surface area contributed by atoms with Gasteiger partial charge in [-0.25, -0.2) is 0 Å². The highest BCUT2D eigenvalue weighted by atomic mass is 15.1. The van der Waals surface area contributed by atoms with Gasteiger partial charge in [-0.05, 0) is 70.0 Å². The molecule has 6 rings (SSSR count). The van der Waals surface area contributed by atoms with Crippen molar-refractivity contribution in [2.24, 2.45) is 57.2 Å². The van der Waals surface area contributed by atoms with Gasteiger partial charge in [0.15, 0.2) is 0 Å². The normalized spacial score (nSPS) is 92.2. The van der Waals surface area contributed by atoms with E-state index in [9.17, 15) is 0 Å². The second-order valence-corrected chi connectivity index (χ2v) is 8.63. The Bertz CT molecular complexity index is 396. The van der Waals surface area contributed by atoms with E-state index >= 15 is 0 Å². The summed E-state index contributed by atoms with van der Waals surface area (Å²) in [5.74, 6) is 6.74. The Hall–Kier alpha value is 0. The second-order valence-electron chi connectivity index (χ2n) is 8.63. The zero-order valence-corrected chi connectivity index (χ0v) is 10.9. The summed E-state index contributed by atoms with van der Waals surface area (Å²) in [4.78, 5) is 0. The van der Waals surface area contributed by atoms with Gasteiger partial charge in [-0.15, -0.1) is 0 Å². The van der Waals surface area contributed by atoms with Crippen LogP contribution in [0.15, 0.2) is 0 Å². The molecule has 6 fully saturated rings. The first-order chi connectivity index (χ1) is 7.53. The van der Waals surface area contributed by atoms with E-state index in [0.29, 0.717) is 0 Å². The van der Waals surface area contributed by atoms with Crippen molar-refractivity contribution in [3.05, 3.63) is 0 Å². The monoisotopic (exact) mass is 214 g/mol. The minimum absolute atomic E-state index is 0.910. The van der Waals surface area contributed by atoms with Crippen LogP contribution in [-0.2, 0) is 0 Å². The van der Waals surface area contributed by atoms with Crippen molar-refractivity contribution in [3.8, 4) is 0 Å². The summed E-state index contributed by atoms with van der Waals surface area (Å²) in [7, 11) is 0. The molecule has 0 aromatic rings. The van der Waals surface area contributed by atoms with E-state index in [1.807, 2.05) is 0 Å². The van der Waals surface area contributed by atoms with Crippen LogP contribution in [0.2, 0.25) is 0 Å². The average Bonchev–Trinajstić information content (AvgIpc) is 2.29. The third-order valence-corrected chi connectivity index (χ3v) is 10.2. The fourth-order valence-electron chi connectivity index (χ4n) is 9.94. The second kappa shape index (κ2) is 1.52. The Morgan fingerprint density at radius 1 is 0.562 bits per heavy atom. The van der Waals surface area contributed by atoms with Crippen LogP contribution in [0, 0.1) is 57.2 Å². The van der Waals surface area contributed by atoms with Gasteiger partial charge in [-0.2, -0.15) is 0 Å². The molecule has 10 atom stereocenters. The van der Waals surface area contributed by atoms with Gasteiger partial charge in [0.05, 0.1) is 0 Å². The molecule has 0 heteroatoms. The molecule has 16 heavy (non-hydrogen) atoms. The molecule has 0 N–H and O–H groups in total. The molecule has 8 unspecified atom stereocenters. The van der Waals surface area contributed by atoms with Crippen LogP contribution in [0.5, 0.6) is 0 Å². The van der Waals surface area contributed by atoms with Crippen LogP contribution in [0.3, 0.4) is 0 Å². The van der Waals surface area contributed by atoms with Crippen molar-refractivity contribution < 1.29 is 0 Å². The minimum atomic E-state index is 0.910. The quantitative estimate of drug-likeness (QED) is 0.578. The predicted octanol–water partition coefficient (Wildman–Crippen LogP) is 3.57. The smallest absolute Gasteiger partial charge is 0.0164 e. The van der Waals surface area contributed by atoms with Crippen LogP contribution < -0.4 is 0 Å². The van der Waals surface area contributed by atoms with E-state index in [4.69, 9.17) is 0 Å². The van der Waals surface area contributed by atoms with Gasteiger partial charge < -0.3 is 0 Å². The summed E-state index contributed by atoms with van der Waals surface area (Å²) in [6.45, 7) is 10.3. The lowest BCUT2D eigenvalue weighted by Gasteiger charge is -3.15. The predicted molar refractivity (Wildman–Crippen MR) is 62.6 cm³/mol. The molecule has 0 heterocycles. The van der Waals surface area contributed by atoms with Gasteiger partial charge in [0.25, 0.3) is 0 Å². The molecule has 0 radical (unpaired) electrons. The van der Waals surface area contributed by atoms with E-state index in [-0.39, 0.29) is 0 Å². The van der Waals surface area contributed by atoms with Gasteiger partial charge in [0.1, 0.15) is 0 Å². The standard InChI is InChI=1S/C16H22/c1-7-8(2)14-6-16-10(4)9(3)15(16)5-13(7,14)11(15)12(14)16/h7-12H,5-6H2,1-4H3/t7?,8?,9?,10?,11?,12?,13-,14?,15?,16+. The molecule has 0 aliphatic heterocycles. The fraction of sp³-hybridized carbons (Fsp3) is 1.00. The van der Waals surface area contributed by atoms with Gasteiger partial charge in [-0.3, -0.25) is 0 Å². The molecule has 0 aromatic heterocycles. The Balaban J connectivity index is 1.58. The summed E-state index contributed by atoms with van der Waals surface area (Å²) >= 11 is 0. The Morgan fingerprint density at radius 3 is 1.00 bits per heavy atom. The molecular weight excluding hydrogens is 192 g/mol. The topological polar surface area (TPSA) is 0 Å². The summed E-state index contributed by atoms with van der Waals surface area (Å²) in [5, 5.41) is 0. The third-order valence-electron chi connectivity index (χ3n) is 10.2. The van der Waals surface area contributed by atoms with Gasteiger partial charge in [-0.1, -0.05) is 27.7 Å². The molecule has 0 aromatic carbocycles. The Labute approximate surface area is 98.2 Å². The molecule has 0 bridgehead atoms. The maximum Gasteiger partial charge on any atom is -0.0164 e. The molecule has 6 saturated carbocycles. The van der Waals surface area contributed by atoms with Crippen LogP contribution in [0.1, 0.15) is 40.5 Å². The first kappa shape index (κ1) is 8.16. The lowest BCUT2D eigenvalue weighted by Crippen LogP contribution is -3.11. The Kier molecular flexibility index (Phi) is 0.775. The molecule has 4 spiro atoms. The summed E-state index contributed by atoms with van der Waals surface area (Å²) in [5.41, 5.74) is 3.64. The van der Waals surface area contributed by atoms with E-state index in [2.05, 4.69) is 27.7 Å². The SMILES string of the molecule is CC1C(C)[C@]23CC45C(C)C(C)[C@@]46CC12C6C53. The maximum atomic E-state index is 2.57. The van der Waals surface area contributed by atoms with Crippen molar-refractivity contribution in [3.63, 3.8) is 0 Å². The highest BCUT2D eigenvalue weighted by Crippen LogP contribution is 3.16. The molecule has 6 aliphatic rings. The average molecular weight is 214 g/mol. The lowest BCUT2D eigenvalue weighted by molar-refractivity contribution is -0.687. The van der Waals surface area contributed by atoms with E-state index in [1.54, 1.807) is 12.8 Å². The number of hydrogen-bond donors (Lipinski definition) is 0. The van der Waals surface area contributed by atoms with Crippen LogP contribution in [-0.4, -0.2) is 0 Å². The summed E-state index contributed by atoms with van der Waals surface area (Å²) < 4.78 is 0.